The Hall–Kier alpha value is -0.840. The molecule has 2 N–H and O–H groups in total. The normalized spacial score (nSPS) is 10.4. The first-order valence-corrected chi connectivity index (χ1v) is 8.87. The zero-order valence-corrected chi connectivity index (χ0v) is 13.5. The van der Waals surface area contributed by atoms with Gasteiger partial charge in [-0.2, -0.15) is 8.42 Å². The predicted molar refractivity (Wildman–Crippen MR) is 84.2 cm³/mol. The van der Waals surface area contributed by atoms with Gasteiger partial charge >= 0.3 is 0 Å². The van der Waals surface area contributed by atoms with E-state index in [1.54, 1.807) is 0 Å². The van der Waals surface area contributed by atoms with Gasteiger partial charge < -0.3 is 5.73 Å². The van der Waals surface area contributed by atoms with Gasteiger partial charge in [0, 0.05) is 0 Å². The van der Waals surface area contributed by atoms with E-state index in [2.05, 4.69) is 6.92 Å². The van der Waals surface area contributed by atoms with E-state index in [0.717, 1.165) is 19.3 Å². The van der Waals surface area contributed by atoms with Crippen molar-refractivity contribution >= 4 is 21.1 Å². The summed E-state index contributed by atoms with van der Waals surface area (Å²) in [6.07, 6.45) is 12.4. The number of hydrogen-bond donors (Lipinski definition) is 1. The molecule has 0 aromatic heterocycles. The number of hydrogen-bond acceptors (Lipinski definition) is 3. The van der Waals surface area contributed by atoms with Gasteiger partial charge in [0.25, 0.3) is 0 Å². The topological polar surface area (TPSA) is 77.2 Å². The fraction of sp³-hybridized carbons (Fsp3) is 0.867. The van der Waals surface area contributed by atoms with Crippen molar-refractivity contribution in [2.24, 2.45) is 5.73 Å². The molecule has 0 fully saturated rings. The number of carbonyl (C=O) groups is 1. The van der Waals surface area contributed by atoms with Crippen LogP contribution in [0.5, 0.6) is 0 Å². The molecular weight excluding hydrogens is 274 g/mol. The Labute approximate surface area is 124 Å². The van der Waals surface area contributed by atoms with Crippen LogP contribution in [0.3, 0.4) is 0 Å². The Kier molecular flexibility index (Phi) is 12.6. The van der Waals surface area contributed by atoms with Crippen LogP contribution in [-0.2, 0) is 15.1 Å². The number of amides is 1. The SMILES string of the molecule is CCCCCCCCCCCCC(CC(N)=O)=S(=O)=O. The van der Waals surface area contributed by atoms with Crippen LogP contribution in [0.25, 0.3) is 0 Å². The van der Waals surface area contributed by atoms with E-state index in [-0.39, 0.29) is 11.3 Å². The molecule has 0 aliphatic rings. The van der Waals surface area contributed by atoms with Gasteiger partial charge in [0.2, 0.25) is 16.2 Å². The van der Waals surface area contributed by atoms with Crippen LogP contribution in [0.4, 0.5) is 0 Å². The molecule has 0 saturated carbocycles. The number of primary amides is 1. The van der Waals surface area contributed by atoms with Crippen molar-refractivity contribution in [2.75, 3.05) is 0 Å². The summed E-state index contributed by atoms with van der Waals surface area (Å²) in [5.74, 6) is -0.573. The van der Waals surface area contributed by atoms with Gasteiger partial charge in [-0.05, 0) is 12.8 Å². The van der Waals surface area contributed by atoms with E-state index in [0.29, 0.717) is 6.42 Å². The highest BCUT2D eigenvalue weighted by Gasteiger charge is 2.05. The van der Waals surface area contributed by atoms with E-state index in [1.165, 1.54) is 44.9 Å². The van der Waals surface area contributed by atoms with E-state index in [9.17, 15) is 13.2 Å². The Morgan fingerprint density at radius 3 is 1.70 bits per heavy atom. The zero-order chi connectivity index (χ0) is 15.2. The monoisotopic (exact) mass is 303 g/mol. The van der Waals surface area contributed by atoms with Crippen molar-refractivity contribution in [3.63, 3.8) is 0 Å². The fourth-order valence-corrected chi connectivity index (χ4v) is 2.81. The van der Waals surface area contributed by atoms with Gasteiger partial charge in [-0.1, -0.05) is 64.7 Å². The summed E-state index contributed by atoms with van der Waals surface area (Å²) < 4.78 is 21.8. The average molecular weight is 303 g/mol. The van der Waals surface area contributed by atoms with E-state index in [1.807, 2.05) is 0 Å². The molecule has 20 heavy (non-hydrogen) atoms. The van der Waals surface area contributed by atoms with Crippen LogP contribution in [0.15, 0.2) is 0 Å². The lowest BCUT2D eigenvalue weighted by atomic mass is 10.0. The van der Waals surface area contributed by atoms with E-state index in [4.69, 9.17) is 5.73 Å². The summed E-state index contributed by atoms with van der Waals surface area (Å²) >= 11 is 0. The quantitative estimate of drug-likeness (QED) is 0.419. The highest BCUT2D eigenvalue weighted by Crippen LogP contribution is 2.11. The van der Waals surface area contributed by atoms with Crippen LogP contribution >= 0.6 is 0 Å². The van der Waals surface area contributed by atoms with Gasteiger partial charge in [-0.25, -0.2) is 0 Å². The van der Waals surface area contributed by atoms with Crippen molar-refractivity contribution < 1.29 is 13.2 Å². The summed E-state index contributed by atoms with van der Waals surface area (Å²) in [6, 6.07) is 0. The first-order valence-electron chi connectivity index (χ1n) is 7.80. The standard InChI is InChI=1S/C15H29NO3S/c1-2-3-4-5-6-7-8-9-10-11-12-14(20(18)19)13-15(16)17/h2-13H2,1H3,(H2,16,17). The molecule has 1 amide bonds. The Morgan fingerprint density at radius 2 is 1.30 bits per heavy atom. The second-order valence-corrected chi connectivity index (χ2v) is 6.40. The lowest BCUT2D eigenvalue weighted by Gasteiger charge is -2.02. The molecule has 0 spiro atoms. The summed E-state index contributed by atoms with van der Waals surface area (Å²) in [4.78, 5) is 11.0. The summed E-state index contributed by atoms with van der Waals surface area (Å²) in [5.41, 5.74) is 5.02. The van der Waals surface area contributed by atoms with Crippen molar-refractivity contribution in [3.8, 4) is 0 Å². The summed E-state index contributed by atoms with van der Waals surface area (Å²) in [7, 11) is -2.27. The summed E-state index contributed by atoms with van der Waals surface area (Å²) in [5, 5.41) is 0. The van der Waals surface area contributed by atoms with Gasteiger partial charge in [0.05, 0.1) is 11.3 Å². The number of carbonyl (C=O) groups excluding carboxylic acids is 1. The predicted octanol–water partition coefficient (Wildman–Crippen LogP) is 3.22. The van der Waals surface area contributed by atoms with E-state index < -0.39 is 16.2 Å². The molecule has 5 heteroatoms. The molecule has 0 aliphatic heterocycles. The number of unbranched alkanes of at least 4 members (excludes halogenated alkanes) is 9. The molecule has 0 radical (unpaired) electrons. The highest BCUT2D eigenvalue weighted by molar-refractivity contribution is 7.73. The first-order chi connectivity index (χ1) is 9.57. The number of rotatable bonds is 13. The van der Waals surface area contributed by atoms with Crippen molar-refractivity contribution in [3.05, 3.63) is 0 Å². The van der Waals surface area contributed by atoms with Crippen LogP contribution < -0.4 is 5.73 Å². The molecule has 0 aromatic rings. The molecule has 0 heterocycles. The molecule has 0 bridgehead atoms. The first kappa shape index (κ1) is 19.2. The maximum Gasteiger partial charge on any atom is 0.222 e. The van der Waals surface area contributed by atoms with Crippen LogP contribution in [0, 0.1) is 0 Å². The fourth-order valence-electron chi connectivity index (χ4n) is 2.23. The second kappa shape index (κ2) is 13.2. The largest absolute Gasteiger partial charge is 0.369 e. The lowest BCUT2D eigenvalue weighted by Crippen LogP contribution is -2.16. The van der Waals surface area contributed by atoms with Gasteiger partial charge in [-0.3, -0.25) is 4.79 Å². The lowest BCUT2D eigenvalue weighted by molar-refractivity contribution is -0.116. The molecule has 0 aliphatic carbocycles. The Bertz CT molecular complexity index is 380. The van der Waals surface area contributed by atoms with Crippen molar-refractivity contribution in [1.29, 1.82) is 0 Å². The van der Waals surface area contributed by atoms with Gasteiger partial charge in [0.1, 0.15) is 0 Å². The molecule has 4 nitrogen and oxygen atoms in total. The van der Waals surface area contributed by atoms with Crippen LogP contribution in [-0.4, -0.2) is 19.2 Å². The maximum absolute atomic E-state index is 10.9. The molecule has 118 valence electrons. The van der Waals surface area contributed by atoms with E-state index >= 15 is 0 Å². The highest BCUT2D eigenvalue weighted by atomic mass is 32.2. The van der Waals surface area contributed by atoms with Gasteiger partial charge in [-0.15, -0.1) is 0 Å². The second-order valence-electron chi connectivity index (χ2n) is 5.35. The minimum absolute atomic E-state index is 0.131. The molecule has 0 saturated heterocycles. The molecule has 0 rings (SSSR count). The molecule has 0 atom stereocenters. The van der Waals surface area contributed by atoms with Crippen LogP contribution in [0.2, 0.25) is 0 Å². The molecule has 0 unspecified atom stereocenters. The molecule has 0 aromatic carbocycles. The average Bonchev–Trinajstić information content (AvgIpc) is 2.39. The third-order valence-corrected chi connectivity index (χ3v) is 4.24. The zero-order valence-electron chi connectivity index (χ0n) is 12.7. The van der Waals surface area contributed by atoms with Gasteiger partial charge in [0.15, 0.2) is 0 Å². The molecular formula is C15H29NO3S. The minimum atomic E-state index is -2.27. The third kappa shape index (κ3) is 12.2. The van der Waals surface area contributed by atoms with Crippen LogP contribution in [0.1, 0.15) is 84.0 Å². The smallest absolute Gasteiger partial charge is 0.222 e. The summed E-state index contributed by atoms with van der Waals surface area (Å²) in [6.45, 7) is 2.22. The minimum Gasteiger partial charge on any atom is -0.369 e. The van der Waals surface area contributed by atoms with Crippen molar-refractivity contribution in [1.82, 2.24) is 0 Å². The number of nitrogens with two attached hydrogens (primary N) is 1. The van der Waals surface area contributed by atoms with Crippen molar-refractivity contribution in [2.45, 2.75) is 84.0 Å². The maximum atomic E-state index is 10.9. The Balaban J connectivity index is 3.52. The Morgan fingerprint density at radius 1 is 0.850 bits per heavy atom. The third-order valence-electron chi connectivity index (χ3n) is 3.42.